The number of nitrogens with two attached hydrogens (primary N) is 1. The molecule has 90 valence electrons. The summed E-state index contributed by atoms with van der Waals surface area (Å²) in [4.78, 5) is 10.6. The summed E-state index contributed by atoms with van der Waals surface area (Å²) in [5.74, 6) is 0.252. The van der Waals surface area contributed by atoms with Crippen molar-refractivity contribution in [3.05, 3.63) is 66.7 Å². The van der Waals surface area contributed by atoms with Crippen LogP contribution in [0.2, 0.25) is 0 Å². The normalized spacial score (nSPS) is 9.78. The Morgan fingerprint density at radius 2 is 1.50 bits per heavy atom. The van der Waals surface area contributed by atoms with Crippen molar-refractivity contribution in [3.8, 4) is 11.1 Å². The molecule has 0 aliphatic heterocycles. The second-order valence-electron chi connectivity index (χ2n) is 3.79. The summed E-state index contributed by atoms with van der Waals surface area (Å²) in [6, 6.07) is 17.6. The standard InChI is InChI=1S/C15H13NO2/c1-11(18-15(16)17)12-7-9-14(10-8-12)13-5-3-2-4-6-13/h2-10H,1H2,(H2,16,17). The first kappa shape index (κ1) is 11.9. The van der Waals surface area contributed by atoms with Crippen molar-refractivity contribution >= 4 is 11.9 Å². The molecule has 2 N–H and O–H groups in total. The van der Waals surface area contributed by atoms with Gasteiger partial charge in [0.2, 0.25) is 0 Å². The number of rotatable bonds is 3. The van der Waals surface area contributed by atoms with Crippen molar-refractivity contribution in [2.45, 2.75) is 0 Å². The Labute approximate surface area is 106 Å². The molecule has 0 aromatic heterocycles. The van der Waals surface area contributed by atoms with Gasteiger partial charge < -0.3 is 10.5 Å². The minimum Gasteiger partial charge on any atom is -0.411 e. The zero-order chi connectivity index (χ0) is 13.0. The Morgan fingerprint density at radius 1 is 0.944 bits per heavy atom. The molecule has 0 saturated carbocycles. The van der Waals surface area contributed by atoms with Gasteiger partial charge in [-0.05, 0) is 11.1 Å². The van der Waals surface area contributed by atoms with Crippen LogP contribution in [0.25, 0.3) is 16.9 Å². The summed E-state index contributed by atoms with van der Waals surface area (Å²) in [5.41, 5.74) is 7.88. The first-order valence-electron chi connectivity index (χ1n) is 5.49. The van der Waals surface area contributed by atoms with Crippen LogP contribution in [0.5, 0.6) is 0 Å². The molecule has 0 unspecified atom stereocenters. The Kier molecular flexibility index (Phi) is 3.44. The summed E-state index contributed by atoms with van der Waals surface area (Å²) in [5, 5.41) is 0. The monoisotopic (exact) mass is 239 g/mol. The van der Waals surface area contributed by atoms with Gasteiger partial charge in [-0.2, -0.15) is 0 Å². The smallest absolute Gasteiger partial charge is 0.409 e. The third-order valence-corrected chi connectivity index (χ3v) is 2.54. The van der Waals surface area contributed by atoms with Crippen LogP contribution in [0.4, 0.5) is 4.79 Å². The molecule has 0 saturated heterocycles. The largest absolute Gasteiger partial charge is 0.411 e. The summed E-state index contributed by atoms with van der Waals surface area (Å²) < 4.78 is 4.73. The van der Waals surface area contributed by atoms with Crippen LogP contribution in [-0.4, -0.2) is 6.09 Å². The van der Waals surface area contributed by atoms with E-state index in [4.69, 9.17) is 10.5 Å². The van der Waals surface area contributed by atoms with E-state index in [9.17, 15) is 4.79 Å². The highest BCUT2D eigenvalue weighted by Crippen LogP contribution is 2.22. The molecule has 3 heteroatoms. The molecule has 0 aliphatic carbocycles. The second kappa shape index (κ2) is 5.19. The molecule has 0 bridgehead atoms. The first-order chi connectivity index (χ1) is 8.66. The van der Waals surface area contributed by atoms with Gasteiger partial charge in [-0.1, -0.05) is 61.2 Å². The van der Waals surface area contributed by atoms with Gasteiger partial charge in [-0.25, -0.2) is 4.79 Å². The van der Waals surface area contributed by atoms with Crippen molar-refractivity contribution < 1.29 is 9.53 Å². The fourth-order valence-corrected chi connectivity index (χ4v) is 1.66. The van der Waals surface area contributed by atoms with Gasteiger partial charge in [0.25, 0.3) is 0 Å². The van der Waals surface area contributed by atoms with E-state index in [2.05, 4.69) is 6.58 Å². The fraction of sp³-hybridized carbons (Fsp3) is 0. The molecule has 1 amide bonds. The van der Waals surface area contributed by atoms with Crippen LogP contribution < -0.4 is 5.73 Å². The second-order valence-corrected chi connectivity index (χ2v) is 3.79. The lowest BCUT2D eigenvalue weighted by Gasteiger charge is -2.06. The maximum atomic E-state index is 10.6. The van der Waals surface area contributed by atoms with E-state index in [1.54, 1.807) is 0 Å². The zero-order valence-electron chi connectivity index (χ0n) is 9.80. The number of primary amides is 1. The third-order valence-electron chi connectivity index (χ3n) is 2.54. The van der Waals surface area contributed by atoms with Crippen LogP contribution in [0.1, 0.15) is 5.56 Å². The molecule has 3 nitrogen and oxygen atoms in total. The average molecular weight is 239 g/mol. The SMILES string of the molecule is C=C(OC(N)=O)c1ccc(-c2ccccc2)cc1. The number of benzene rings is 2. The van der Waals surface area contributed by atoms with E-state index < -0.39 is 6.09 Å². The van der Waals surface area contributed by atoms with E-state index in [1.807, 2.05) is 54.6 Å². The Hall–Kier alpha value is -2.55. The predicted molar refractivity (Wildman–Crippen MR) is 71.6 cm³/mol. The van der Waals surface area contributed by atoms with E-state index in [0.717, 1.165) is 16.7 Å². The van der Waals surface area contributed by atoms with Crippen LogP contribution in [0.3, 0.4) is 0 Å². The minimum atomic E-state index is -0.855. The maximum Gasteiger partial charge on any atom is 0.409 e. The Bertz CT molecular complexity index is 559. The molecule has 0 aliphatic rings. The molecule has 2 aromatic rings. The number of carbonyl (C=O) groups is 1. The third kappa shape index (κ3) is 2.77. The molecule has 2 aromatic carbocycles. The number of hydrogen-bond donors (Lipinski definition) is 1. The Morgan fingerprint density at radius 3 is 2.06 bits per heavy atom. The predicted octanol–water partition coefficient (Wildman–Crippen LogP) is 3.42. The van der Waals surface area contributed by atoms with Crippen LogP contribution in [-0.2, 0) is 4.74 Å². The summed E-state index contributed by atoms with van der Waals surface area (Å²) >= 11 is 0. The molecule has 0 spiro atoms. The Balaban J connectivity index is 2.20. The van der Waals surface area contributed by atoms with Gasteiger partial charge in [0.1, 0.15) is 5.76 Å². The van der Waals surface area contributed by atoms with E-state index in [1.165, 1.54) is 0 Å². The van der Waals surface area contributed by atoms with E-state index >= 15 is 0 Å². The number of carbonyl (C=O) groups excluding carboxylic acids is 1. The van der Waals surface area contributed by atoms with Crippen molar-refractivity contribution in [1.82, 2.24) is 0 Å². The van der Waals surface area contributed by atoms with Crippen molar-refractivity contribution in [3.63, 3.8) is 0 Å². The van der Waals surface area contributed by atoms with Crippen molar-refractivity contribution in [1.29, 1.82) is 0 Å². The summed E-state index contributed by atoms with van der Waals surface area (Å²) in [6.45, 7) is 3.64. The molecular weight excluding hydrogens is 226 g/mol. The zero-order valence-corrected chi connectivity index (χ0v) is 9.80. The maximum absolute atomic E-state index is 10.6. The number of ether oxygens (including phenoxy) is 1. The molecule has 0 atom stereocenters. The molecule has 0 radical (unpaired) electrons. The van der Waals surface area contributed by atoms with Crippen LogP contribution in [0.15, 0.2) is 61.2 Å². The van der Waals surface area contributed by atoms with E-state index in [-0.39, 0.29) is 5.76 Å². The molecule has 2 rings (SSSR count). The number of hydrogen-bond acceptors (Lipinski definition) is 2. The molecule has 0 fully saturated rings. The van der Waals surface area contributed by atoms with Gasteiger partial charge in [0.15, 0.2) is 0 Å². The van der Waals surface area contributed by atoms with Crippen LogP contribution >= 0.6 is 0 Å². The molecule has 18 heavy (non-hydrogen) atoms. The van der Waals surface area contributed by atoms with E-state index in [0.29, 0.717) is 0 Å². The summed E-state index contributed by atoms with van der Waals surface area (Å²) in [7, 11) is 0. The van der Waals surface area contributed by atoms with Crippen molar-refractivity contribution in [2.75, 3.05) is 0 Å². The number of amides is 1. The van der Waals surface area contributed by atoms with Gasteiger partial charge in [0, 0.05) is 5.56 Å². The summed E-state index contributed by atoms with van der Waals surface area (Å²) in [6.07, 6.45) is -0.855. The highest BCUT2D eigenvalue weighted by atomic mass is 16.5. The van der Waals surface area contributed by atoms with Gasteiger partial charge in [0.05, 0.1) is 0 Å². The fourth-order valence-electron chi connectivity index (χ4n) is 1.66. The van der Waals surface area contributed by atoms with Gasteiger partial charge >= 0.3 is 6.09 Å². The van der Waals surface area contributed by atoms with Gasteiger partial charge in [-0.3, -0.25) is 0 Å². The first-order valence-corrected chi connectivity index (χ1v) is 5.49. The lowest BCUT2D eigenvalue weighted by Crippen LogP contribution is -2.11. The quantitative estimate of drug-likeness (QED) is 0.834. The topological polar surface area (TPSA) is 52.3 Å². The highest BCUT2D eigenvalue weighted by Gasteiger charge is 2.04. The average Bonchev–Trinajstić information content (AvgIpc) is 2.39. The lowest BCUT2D eigenvalue weighted by atomic mass is 10.0. The van der Waals surface area contributed by atoms with Gasteiger partial charge in [-0.15, -0.1) is 0 Å². The molecular formula is C15H13NO2. The van der Waals surface area contributed by atoms with Crippen LogP contribution in [0, 0.1) is 0 Å². The minimum absolute atomic E-state index is 0.252. The lowest BCUT2D eigenvalue weighted by molar-refractivity contribution is 0.203. The highest BCUT2D eigenvalue weighted by molar-refractivity contribution is 5.75. The molecule has 0 heterocycles. The van der Waals surface area contributed by atoms with Crippen molar-refractivity contribution in [2.24, 2.45) is 5.73 Å².